The summed E-state index contributed by atoms with van der Waals surface area (Å²) >= 11 is 0. The molecule has 0 bridgehead atoms. The average molecular weight is 349 g/mol. The molecule has 0 aliphatic heterocycles. The maximum atomic E-state index is 5.94. The second kappa shape index (κ2) is 6.79. The lowest BCUT2D eigenvalue weighted by molar-refractivity contribution is 0.340. The first-order chi connectivity index (χ1) is 12.7. The summed E-state index contributed by atoms with van der Waals surface area (Å²) < 4.78 is 12.5. The molecule has 0 aliphatic carbocycles. The highest BCUT2D eigenvalue weighted by atomic mass is 16.5. The number of furan rings is 1. The van der Waals surface area contributed by atoms with Gasteiger partial charge < -0.3 is 20.2 Å². The predicted molar refractivity (Wildman–Crippen MR) is 100 cm³/mol. The van der Waals surface area contributed by atoms with Crippen molar-refractivity contribution >= 4 is 17.2 Å². The minimum Gasteiger partial charge on any atom is -0.494 e. The number of ether oxygens (including phenoxy) is 1. The van der Waals surface area contributed by atoms with Gasteiger partial charge in [-0.3, -0.25) is 0 Å². The molecule has 0 radical (unpaired) electrons. The van der Waals surface area contributed by atoms with Crippen LogP contribution in [0.2, 0.25) is 0 Å². The quantitative estimate of drug-likeness (QED) is 0.553. The van der Waals surface area contributed by atoms with Crippen molar-refractivity contribution in [2.75, 3.05) is 17.7 Å². The molecule has 1 aromatic carbocycles. The summed E-state index contributed by atoms with van der Waals surface area (Å²) in [5.41, 5.74) is 9.23. The van der Waals surface area contributed by atoms with Gasteiger partial charge in [-0.25, -0.2) is 9.50 Å². The molecule has 4 aromatic rings. The molecule has 0 saturated carbocycles. The van der Waals surface area contributed by atoms with Gasteiger partial charge in [0.15, 0.2) is 5.65 Å². The summed E-state index contributed by atoms with van der Waals surface area (Å²) in [6.07, 6.45) is 3.51. The number of rotatable bonds is 6. The smallest absolute Gasteiger partial charge is 0.177 e. The van der Waals surface area contributed by atoms with Crippen LogP contribution >= 0.6 is 0 Å². The standard InChI is InChI=1S/C19H19N5O2/c1-2-25-14-7-5-13(6-8-14)17-12-24-19(22-17)16(10-18(20)23-24)21-11-15-4-3-9-26-15/h3-10,12,21H,2,11H2,1H3,(H2,20,23). The molecular weight excluding hydrogens is 330 g/mol. The number of imidazole rings is 1. The summed E-state index contributed by atoms with van der Waals surface area (Å²) in [6, 6.07) is 13.4. The summed E-state index contributed by atoms with van der Waals surface area (Å²) in [5, 5.41) is 7.62. The third-order valence-corrected chi connectivity index (χ3v) is 3.94. The molecule has 0 spiro atoms. The van der Waals surface area contributed by atoms with Crippen molar-refractivity contribution in [2.45, 2.75) is 13.5 Å². The lowest BCUT2D eigenvalue weighted by Gasteiger charge is -2.06. The fraction of sp³-hybridized carbons (Fsp3) is 0.158. The highest BCUT2D eigenvalue weighted by molar-refractivity contribution is 5.74. The van der Waals surface area contributed by atoms with Gasteiger partial charge in [0.1, 0.15) is 17.3 Å². The lowest BCUT2D eigenvalue weighted by Crippen LogP contribution is -2.04. The Morgan fingerprint density at radius 1 is 1.23 bits per heavy atom. The zero-order valence-corrected chi connectivity index (χ0v) is 14.3. The Hall–Kier alpha value is -3.48. The topological polar surface area (TPSA) is 90.6 Å². The third-order valence-electron chi connectivity index (χ3n) is 3.94. The Balaban J connectivity index is 1.66. The van der Waals surface area contributed by atoms with E-state index in [9.17, 15) is 0 Å². The molecule has 7 nitrogen and oxygen atoms in total. The van der Waals surface area contributed by atoms with Crippen molar-refractivity contribution in [1.82, 2.24) is 14.6 Å². The number of anilines is 2. The Bertz CT molecular complexity index is 1010. The molecule has 26 heavy (non-hydrogen) atoms. The minimum absolute atomic E-state index is 0.412. The fourth-order valence-electron chi connectivity index (χ4n) is 2.75. The summed E-state index contributed by atoms with van der Waals surface area (Å²) in [4.78, 5) is 4.71. The average Bonchev–Trinajstić information content (AvgIpc) is 3.30. The normalized spacial score (nSPS) is 11.0. The van der Waals surface area contributed by atoms with Crippen LogP contribution in [-0.4, -0.2) is 21.2 Å². The van der Waals surface area contributed by atoms with Gasteiger partial charge in [0.2, 0.25) is 0 Å². The Labute approximate surface area is 150 Å². The Kier molecular flexibility index (Phi) is 4.18. The van der Waals surface area contributed by atoms with E-state index in [0.29, 0.717) is 24.6 Å². The third kappa shape index (κ3) is 3.19. The van der Waals surface area contributed by atoms with E-state index in [1.807, 2.05) is 49.5 Å². The van der Waals surface area contributed by atoms with E-state index < -0.39 is 0 Å². The van der Waals surface area contributed by atoms with Crippen molar-refractivity contribution in [3.63, 3.8) is 0 Å². The lowest BCUT2D eigenvalue weighted by atomic mass is 10.2. The molecule has 3 N–H and O–H groups in total. The zero-order valence-electron chi connectivity index (χ0n) is 14.3. The van der Waals surface area contributed by atoms with Crippen LogP contribution in [0.1, 0.15) is 12.7 Å². The first-order valence-electron chi connectivity index (χ1n) is 8.38. The SMILES string of the molecule is CCOc1ccc(-c2cn3nc(N)cc(NCc4ccco4)c3n2)cc1. The summed E-state index contributed by atoms with van der Waals surface area (Å²) in [7, 11) is 0. The zero-order chi connectivity index (χ0) is 17.9. The van der Waals surface area contributed by atoms with Crippen LogP contribution in [0.25, 0.3) is 16.9 Å². The molecule has 3 aromatic heterocycles. The van der Waals surface area contributed by atoms with E-state index in [0.717, 1.165) is 28.5 Å². The fourth-order valence-corrected chi connectivity index (χ4v) is 2.75. The van der Waals surface area contributed by atoms with Gasteiger partial charge in [-0.15, -0.1) is 5.10 Å². The van der Waals surface area contributed by atoms with E-state index in [4.69, 9.17) is 19.9 Å². The van der Waals surface area contributed by atoms with E-state index in [2.05, 4.69) is 10.4 Å². The summed E-state index contributed by atoms with van der Waals surface area (Å²) in [5.74, 6) is 2.08. The van der Waals surface area contributed by atoms with Crippen molar-refractivity contribution in [3.8, 4) is 17.0 Å². The molecule has 4 rings (SSSR count). The minimum atomic E-state index is 0.412. The van der Waals surface area contributed by atoms with Gasteiger partial charge in [-0.2, -0.15) is 0 Å². The highest BCUT2D eigenvalue weighted by Crippen LogP contribution is 2.25. The molecule has 0 unspecified atom stereocenters. The van der Waals surface area contributed by atoms with Crippen LogP contribution < -0.4 is 15.8 Å². The summed E-state index contributed by atoms with van der Waals surface area (Å²) in [6.45, 7) is 3.14. The van der Waals surface area contributed by atoms with Crippen molar-refractivity contribution in [2.24, 2.45) is 0 Å². The Morgan fingerprint density at radius 3 is 2.81 bits per heavy atom. The first-order valence-corrected chi connectivity index (χ1v) is 8.38. The number of nitrogens with zero attached hydrogens (tertiary/aromatic N) is 3. The van der Waals surface area contributed by atoms with E-state index in [1.54, 1.807) is 16.8 Å². The van der Waals surface area contributed by atoms with Gasteiger partial charge in [0, 0.05) is 11.6 Å². The molecule has 0 fully saturated rings. The van der Waals surface area contributed by atoms with E-state index in [1.165, 1.54) is 0 Å². The maximum absolute atomic E-state index is 5.94. The first kappa shape index (κ1) is 16.0. The molecule has 3 heterocycles. The van der Waals surface area contributed by atoms with Gasteiger partial charge in [-0.1, -0.05) is 0 Å². The van der Waals surface area contributed by atoms with Crippen LogP contribution in [0.3, 0.4) is 0 Å². The number of nitrogens with one attached hydrogen (secondary N) is 1. The second-order valence-electron chi connectivity index (χ2n) is 5.77. The number of fused-ring (bicyclic) bond motifs is 1. The van der Waals surface area contributed by atoms with Crippen molar-refractivity contribution in [3.05, 3.63) is 60.7 Å². The molecule has 0 atom stereocenters. The number of benzene rings is 1. The molecule has 0 amide bonds. The van der Waals surface area contributed by atoms with Gasteiger partial charge in [-0.05, 0) is 43.3 Å². The van der Waals surface area contributed by atoms with Crippen LogP contribution in [0.5, 0.6) is 5.75 Å². The number of hydrogen-bond donors (Lipinski definition) is 2. The number of hydrogen-bond acceptors (Lipinski definition) is 6. The largest absolute Gasteiger partial charge is 0.494 e. The molecule has 0 saturated heterocycles. The monoisotopic (exact) mass is 349 g/mol. The molecule has 0 aliphatic rings. The van der Waals surface area contributed by atoms with Crippen LogP contribution in [0.4, 0.5) is 11.5 Å². The number of nitrogens with two attached hydrogens (primary N) is 1. The second-order valence-corrected chi connectivity index (χ2v) is 5.77. The number of nitrogen functional groups attached to an aromatic ring is 1. The van der Waals surface area contributed by atoms with Crippen molar-refractivity contribution < 1.29 is 9.15 Å². The van der Waals surface area contributed by atoms with Gasteiger partial charge >= 0.3 is 0 Å². The highest BCUT2D eigenvalue weighted by Gasteiger charge is 2.11. The van der Waals surface area contributed by atoms with Gasteiger partial charge in [0.05, 0.1) is 37.0 Å². The van der Waals surface area contributed by atoms with Crippen LogP contribution in [-0.2, 0) is 6.54 Å². The number of aromatic nitrogens is 3. The molecule has 132 valence electrons. The van der Waals surface area contributed by atoms with Gasteiger partial charge in [0.25, 0.3) is 0 Å². The van der Waals surface area contributed by atoms with Crippen LogP contribution in [0, 0.1) is 0 Å². The van der Waals surface area contributed by atoms with E-state index >= 15 is 0 Å². The van der Waals surface area contributed by atoms with Crippen molar-refractivity contribution in [1.29, 1.82) is 0 Å². The predicted octanol–water partition coefficient (Wildman–Crippen LogP) is 3.58. The van der Waals surface area contributed by atoms with E-state index in [-0.39, 0.29) is 0 Å². The maximum Gasteiger partial charge on any atom is 0.177 e. The van der Waals surface area contributed by atoms with Crippen LogP contribution in [0.15, 0.2) is 59.3 Å². The molecular formula is C19H19N5O2. The Morgan fingerprint density at radius 2 is 2.08 bits per heavy atom. The molecule has 7 heteroatoms.